The zero-order chi connectivity index (χ0) is 15.7. The van der Waals surface area contributed by atoms with Crippen LogP contribution >= 0.6 is 0 Å². The molecular formula is C15H25NO4. The number of ether oxygens (including phenoxy) is 1. The molecule has 20 heavy (non-hydrogen) atoms. The van der Waals surface area contributed by atoms with Gasteiger partial charge in [-0.05, 0) is 13.3 Å². The molecule has 2 N–H and O–H groups in total. The fraction of sp³-hybridized carbons (Fsp3) is 0.733. The van der Waals surface area contributed by atoms with Crippen LogP contribution in [0.5, 0.6) is 0 Å². The lowest BCUT2D eigenvalue weighted by atomic mass is 9.66. The maximum Gasteiger partial charge on any atom is 0.339 e. The maximum atomic E-state index is 12.0. The summed E-state index contributed by atoms with van der Waals surface area (Å²) in [6.07, 6.45) is 1.10. The molecule has 2 aliphatic rings. The Balaban J connectivity index is 0.000000956. The number of carbonyl (C=O) groups excluding carboxylic acids is 2. The minimum atomic E-state index is -1.32. The fourth-order valence-corrected chi connectivity index (χ4v) is 3.15. The molecule has 0 bridgehead atoms. The summed E-state index contributed by atoms with van der Waals surface area (Å²) in [5, 5.41) is 13.0. The average Bonchev–Trinajstić information content (AvgIpc) is 2.62. The summed E-state index contributed by atoms with van der Waals surface area (Å²) in [5.74, 6) is -1.52. The Bertz CT molecular complexity index is 422. The largest absolute Gasteiger partial charge is 0.453 e. The van der Waals surface area contributed by atoms with E-state index in [9.17, 15) is 14.7 Å². The minimum absolute atomic E-state index is 0.235. The third kappa shape index (κ3) is 1.79. The first kappa shape index (κ1) is 16.7. The highest BCUT2D eigenvalue weighted by Crippen LogP contribution is 2.52. The van der Waals surface area contributed by atoms with Gasteiger partial charge in [0.25, 0.3) is 0 Å². The van der Waals surface area contributed by atoms with Crippen LogP contribution in [0.2, 0.25) is 0 Å². The van der Waals surface area contributed by atoms with Crippen molar-refractivity contribution in [3.05, 3.63) is 12.7 Å². The monoisotopic (exact) mass is 283 g/mol. The maximum absolute atomic E-state index is 12.0. The van der Waals surface area contributed by atoms with E-state index in [0.717, 1.165) is 0 Å². The lowest BCUT2D eigenvalue weighted by molar-refractivity contribution is -0.237. The number of aliphatic hydroxyl groups excluding tert-OH is 1. The highest BCUT2D eigenvalue weighted by atomic mass is 16.6. The number of aliphatic hydroxyl groups is 1. The summed E-state index contributed by atoms with van der Waals surface area (Å²) in [6.45, 7) is 12.9. The van der Waals surface area contributed by atoms with Gasteiger partial charge in [0.05, 0.1) is 12.0 Å². The van der Waals surface area contributed by atoms with Gasteiger partial charge in [-0.15, -0.1) is 6.58 Å². The van der Waals surface area contributed by atoms with Crippen LogP contribution in [0.15, 0.2) is 12.7 Å². The van der Waals surface area contributed by atoms with Crippen molar-refractivity contribution in [1.29, 1.82) is 0 Å². The molecule has 5 heteroatoms. The zero-order valence-electron chi connectivity index (χ0n) is 12.9. The fourth-order valence-electron chi connectivity index (χ4n) is 3.15. The smallest absolute Gasteiger partial charge is 0.339 e. The van der Waals surface area contributed by atoms with E-state index in [-0.39, 0.29) is 11.8 Å². The van der Waals surface area contributed by atoms with Crippen molar-refractivity contribution >= 4 is 11.9 Å². The molecule has 2 rings (SSSR count). The molecule has 2 fully saturated rings. The number of esters is 1. The highest BCUT2D eigenvalue weighted by Gasteiger charge is 2.79. The number of nitrogens with one attached hydrogen (secondary N) is 1. The summed E-state index contributed by atoms with van der Waals surface area (Å²) in [6, 6.07) is 0. The first-order valence-corrected chi connectivity index (χ1v) is 7.21. The van der Waals surface area contributed by atoms with E-state index >= 15 is 0 Å². The molecule has 5 nitrogen and oxygen atoms in total. The third-order valence-electron chi connectivity index (χ3n) is 4.43. The third-order valence-corrected chi connectivity index (χ3v) is 4.43. The quantitative estimate of drug-likeness (QED) is 0.604. The van der Waals surface area contributed by atoms with Gasteiger partial charge >= 0.3 is 5.97 Å². The van der Waals surface area contributed by atoms with Crippen molar-refractivity contribution in [2.45, 2.75) is 58.3 Å². The molecule has 0 aromatic heterocycles. The normalized spacial score (nSPS) is 37.4. The number of fused-ring (bicyclic) bond motifs is 1. The molecule has 2 heterocycles. The number of amides is 1. The molecule has 0 aliphatic carbocycles. The van der Waals surface area contributed by atoms with Gasteiger partial charge in [-0.1, -0.05) is 33.8 Å². The van der Waals surface area contributed by atoms with Crippen LogP contribution in [0.3, 0.4) is 0 Å². The van der Waals surface area contributed by atoms with E-state index in [1.54, 1.807) is 19.9 Å². The SMILES string of the molecule is C=CC(C)C(O)[C@@]12NC(=O)C(CC)[C@]1(C)OC2=O.CC. The van der Waals surface area contributed by atoms with Gasteiger partial charge in [-0.25, -0.2) is 4.79 Å². The summed E-state index contributed by atoms with van der Waals surface area (Å²) in [5.41, 5.74) is -2.29. The summed E-state index contributed by atoms with van der Waals surface area (Å²) < 4.78 is 5.23. The molecule has 114 valence electrons. The van der Waals surface area contributed by atoms with Gasteiger partial charge in [0.1, 0.15) is 0 Å². The Morgan fingerprint density at radius 3 is 2.45 bits per heavy atom. The van der Waals surface area contributed by atoms with Crippen molar-refractivity contribution < 1.29 is 19.4 Å². The molecular weight excluding hydrogens is 258 g/mol. The predicted octanol–water partition coefficient (Wildman–Crippen LogP) is 1.41. The lowest BCUT2D eigenvalue weighted by Crippen LogP contribution is -2.79. The second-order valence-electron chi connectivity index (χ2n) is 5.29. The van der Waals surface area contributed by atoms with Crippen LogP contribution < -0.4 is 5.32 Å². The zero-order valence-corrected chi connectivity index (χ0v) is 12.9. The second kappa shape index (κ2) is 5.56. The van der Waals surface area contributed by atoms with Crippen molar-refractivity contribution in [2.24, 2.45) is 11.8 Å². The molecule has 3 unspecified atom stereocenters. The topological polar surface area (TPSA) is 75.6 Å². The van der Waals surface area contributed by atoms with Gasteiger partial charge < -0.3 is 15.2 Å². The van der Waals surface area contributed by atoms with Crippen LogP contribution in [-0.4, -0.2) is 34.2 Å². The molecule has 5 atom stereocenters. The minimum Gasteiger partial charge on any atom is -0.453 e. The molecule has 0 saturated carbocycles. The average molecular weight is 283 g/mol. The van der Waals surface area contributed by atoms with Gasteiger partial charge in [0.2, 0.25) is 11.4 Å². The van der Waals surface area contributed by atoms with Crippen LogP contribution in [0.4, 0.5) is 0 Å². The highest BCUT2D eigenvalue weighted by molar-refractivity contribution is 6.01. The standard InChI is InChI=1S/C13H19NO4.C2H6/c1-5-7(3)9(15)13-11(17)18-12(13,4)8(6-2)10(16)14-13;1-2/h5,7-9,15H,1,6H2,2-4H3,(H,14,16);1-2H3/t7?,8?,9?,12-,13-;/m0./s1. The molecule has 1 amide bonds. The Kier molecular flexibility index (Phi) is 4.64. The number of hydrogen-bond acceptors (Lipinski definition) is 4. The van der Waals surface area contributed by atoms with E-state index in [4.69, 9.17) is 4.74 Å². The summed E-state index contributed by atoms with van der Waals surface area (Å²) in [4.78, 5) is 23.8. The lowest BCUT2D eigenvalue weighted by Gasteiger charge is -2.54. The molecule has 2 aliphatic heterocycles. The number of hydrogen-bond donors (Lipinski definition) is 2. The van der Waals surface area contributed by atoms with E-state index in [1.807, 2.05) is 20.8 Å². The van der Waals surface area contributed by atoms with Crippen molar-refractivity contribution in [3.8, 4) is 0 Å². The van der Waals surface area contributed by atoms with Crippen LogP contribution in [0.1, 0.15) is 41.0 Å². The first-order chi connectivity index (χ1) is 9.35. The van der Waals surface area contributed by atoms with E-state index in [2.05, 4.69) is 11.9 Å². The molecule has 2 saturated heterocycles. The van der Waals surface area contributed by atoms with Crippen molar-refractivity contribution in [2.75, 3.05) is 0 Å². The summed E-state index contributed by atoms with van der Waals surface area (Å²) in [7, 11) is 0. The van der Waals surface area contributed by atoms with E-state index in [0.29, 0.717) is 6.42 Å². The number of rotatable bonds is 4. The van der Waals surface area contributed by atoms with Crippen LogP contribution in [0, 0.1) is 11.8 Å². The molecule has 0 aromatic carbocycles. The Morgan fingerprint density at radius 2 is 2.05 bits per heavy atom. The van der Waals surface area contributed by atoms with Crippen LogP contribution in [-0.2, 0) is 14.3 Å². The van der Waals surface area contributed by atoms with Crippen LogP contribution in [0.25, 0.3) is 0 Å². The summed E-state index contributed by atoms with van der Waals surface area (Å²) >= 11 is 0. The Hall–Kier alpha value is -1.36. The molecule has 0 radical (unpaired) electrons. The predicted molar refractivity (Wildman–Crippen MR) is 75.9 cm³/mol. The van der Waals surface area contributed by atoms with E-state index < -0.39 is 29.1 Å². The van der Waals surface area contributed by atoms with Gasteiger partial charge in [0.15, 0.2) is 5.60 Å². The van der Waals surface area contributed by atoms with E-state index in [1.165, 1.54) is 0 Å². The van der Waals surface area contributed by atoms with Gasteiger partial charge in [-0.2, -0.15) is 0 Å². The molecule has 0 spiro atoms. The first-order valence-electron chi connectivity index (χ1n) is 7.21. The van der Waals surface area contributed by atoms with Crippen molar-refractivity contribution in [3.63, 3.8) is 0 Å². The molecule has 0 aromatic rings. The Labute approximate surface area is 120 Å². The van der Waals surface area contributed by atoms with Gasteiger partial charge in [-0.3, -0.25) is 4.79 Å². The van der Waals surface area contributed by atoms with Gasteiger partial charge in [0, 0.05) is 5.92 Å². The van der Waals surface area contributed by atoms with Crippen molar-refractivity contribution in [1.82, 2.24) is 5.32 Å². The Morgan fingerprint density at radius 1 is 1.50 bits per heavy atom. The second-order valence-corrected chi connectivity index (χ2v) is 5.29. The number of carbonyl (C=O) groups is 2.